The summed E-state index contributed by atoms with van der Waals surface area (Å²) in [7, 11) is 0. The first-order valence-corrected chi connectivity index (χ1v) is 8.40. The van der Waals surface area contributed by atoms with Crippen LogP contribution in [0, 0.1) is 0 Å². The maximum atomic E-state index is 12.6. The molecule has 0 saturated carbocycles. The van der Waals surface area contributed by atoms with Crippen LogP contribution >= 0.6 is 11.3 Å². The Morgan fingerprint density at radius 3 is 2.71 bits per heavy atom. The summed E-state index contributed by atoms with van der Waals surface area (Å²) in [5.41, 5.74) is 0. The highest BCUT2D eigenvalue weighted by atomic mass is 32.1. The maximum Gasteiger partial charge on any atom is 0.261 e. The van der Waals surface area contributed by atoms with E-state index in [0.717, 1.165) is 39.0 Å². The first-order valence-electron chi connectivity index (χ1n) is 7.52. The monoisotopic (exact) mass is 307 g/mol. The van der Waals surface area contributed by atoms with Crippen molar-refractivity contribution in [2.24, 2.45) is 0 Å². The zero-order valence-corrected chi connectivity index (χ0v) is 13.1. The van der Waals surface area contributed by atoms with Crippen molar-refractivity contribution in [1.82, 2.24) is 15.1 Å². The fraction of sp³-hybridized carbons (Fsp3) is 0.600. The summed E-state index contributed by atoms with van der Waals surface area (Å²) in [6.07, 6.45) is 2.11. The van der Waals surface area contributed by atoms with Crippen LogP contribution < -0.4 is 5.32 Å². The quantitative estimate of drug-likeness (QED) is 0.912. The summed E-state index contributed by atoms with van der Waals surface area (Å²) >= 11 is 1.39. The molecular weight excluding hydrogens is 286 g/mol. The minimum Gasteiger partial charge on any atom is -0.340 e. The molecule has 4 heterocycles. The molecule has 4 rings (SSSR count). The Hall–Kier alpha value is -1.40. The van der Waals surface area contributed by atoms with E-state index in [1.165, 1.54) is 11.3 Å². The van der Waals surface area contributed by atoms with E-state index in [4.69, 9.17) is 0 Å². The highest BCUT2D eigenvalue weighted by Gasteiger charge is 2.34. The van der Waals surface area contributed by atoms with Crippen molar-refractivity contribution >= 4 is 23.2 Å². The van der Waals surface area contributed by atoms with E-state index in [-0.39, 0.29) is 11.8 Å². The normalized spacial score (nSPS) is 26.2. The van der Waals surface area contributed by atoms with Crippen LogP contribution in [0.3, 0.4) is 0 Å². The van der Waals surface area contributed by atoms with Crippen molar-refractivity contribution < 1.29 is 9.59 Å². The molecule has 0 radical (unpaired) electrons. The van der Waals surface area contributed by atoms with Gasteiger partial charge in [-0.25, -0.2) is 0 Å². The third kappa shape index (κ3) is 3.11. The predicted octanol–water partition coefficient (Wildman–Crippen LogP) is 1.17. The number of amides is 2. The number of fused-ring (bicyclic) bond motifs is 4. The van der Waals surface area contributed by atoms with E-state index in [9.17, 15) is 9.59 Å². The minimum absolute atomic E-state index is 0.0497. The average Bonchev–Trinajstić information content (AvgIpc) is 2.88. The number of nitrogens with one attached hydrogen (secondary N) is 1. The molecule has 3 fully saturated rings. The molecule has 2 amide bonds. The number of nitrogens with zero attached hydrogens (tertiary/aromatic N) is 2. The largest absolute Gasteiger partial charge is 0.340 e. The number of carbonyl (C=O) groups is 2. The second-order valence-corrected chi connectivity index (χ2v) is 6.72. The Kier molecular flexibility index (Phi) is 4.26. The van der Waals surface area contributed by atoms with Gasteiger partial charge in [-0.3, -0.25) is 9.59 Å². The first kappa shape index (κ1) is 14.5. The third-order valence-corrected chi connectivity index (χ3v) is 5.27. The summed E-state index contributed by atoms with van der Waals surface area (Å²) in [5.74, 6) is -0.109. The predicted molar refractivity (Wildman–Crippen MR) is 82.4 cm³/mol. The molecule has 21 heavy (non-hydrogen) atoms. The number of hydrogen-bond acceptors (Lipinski definition) is 4. The second-order valence-electron chi connectivity index (χ2n) is 5.78. The number of hydrogen-bond donors (Lipinski definition) is 1. The molecule has 1 aromatic rings. The highest BCUT2D eigenvalue weighted by molar-refractivity contribution is 7.12. The molecule has 3 aliphatic rings. The van der Waals surface area contributed by atoms with Crippen LogP contribution in [0.4, 0.5) is 0 Å². The van der Waals surface area contributed by atoms with E-state index in [1.807, 2.05) is 16.3 Å². The lowest BCUT2D eigenvalue weighted by atomic mass is 10.0. The maximum absolute atomic E-state index is 12.6. The highest BCUT2D eigenvalue weighted by Crippen LogP contribution is 2.21. The van der Waals surface area contributed by atoms with Crippen molar-refractivity contribution in [2.45, 2.75) is 31.8 Å². The van der Waals surface area contributed by atoms with Crippen LogP contribution in [0.25, 0.3) is 0 Å². The number of rotatable bonds is 3. The van der Waals surface area contributed by atoms with Crippen molar-refractivity contribution in [3.05, 3.63) is 22.4 Å². The molecule has 1 N–H and O–H groups in total. The van der Waals surface area contributed by atoms with Gasteiger partial charge in [0.1, 0.15) is 6.04 Å². The number of carbonyl (C=O) groups excluding carboxylic acids is 2. The fourth-order valence-corrected chi connectivity index (χ4v) is 3.79. The van der Waals surface area contributed by atoms with Crippen molar-refractivity contribution in [3.63, 3.8) is 0 Å². The van der Waals surface area contributed by atoms with Crippen LogP contribution in [0.5, 0.6) is 0 Å². The number of piperidine rings is 1. The lowest BCUT2D eigenvalue weighted by molar-refractivity contribution is -0.134. The van der Waals surface area contributed by atoms with Crippen LogP contribution in [-0.4, -0.2) is 59.9 Å². The first-order chi connectivity index (χ1) is 10.1. The smallest absolute Gasteiger partial charge is 0.261 e. The van der Waals surface area contributed by atoms with Gasteiger partial charge in [-0.2, -0.15) is 0 Å². The molecule has 2 bridgehead atoms. The van der Waals surface area contributed by atoms with Gasteiger partial charge in [0.25, 0.3) is 5.91 Å². The van der Waals surface area contributed by atoms with Gasteiger partial charge in [-0.15, -0.1) is 11.3 Å². The van der Waals surface area contributed by atoms with Crippen molar-refractivity contribution in [3.8, 4) is 0 Å². The molecule has 1 atom stereocenters. The van der Waals surface area contributed by atoms with E-state index >= 15 is 0 Å². The van der Waals surface area contributed by atoms with Gasteiger partial charge in [0, 0.05) is 32.2 Å². The van der Waals surface area contributed by atoms with Gasteiger partial charge in [-0.05, 0) is 31.2 Å². The van der Waals surface area contributed by atoms with Crippen molar-refractivity contribution in [2.75, 3.05) is 26.2 Å². The van der Waals surface area contributed by atoms with Crippen LogP contribution in [0.2, 0.25) is 0 Å². The molecular formula is C15H21N3O2S. The lowest BCUT2D eigenvalue weighted by Crippen LogP contribution is -2.50. The van der Waals surface area contributed by atoms with E-state index in [1.54, 1.807) is 13.0 Å². The molecule has 1 unspecified atom stereocenters. The molecule has 5 nitrogen and oxygen atoms in total. The molecule has 3 aliphatic heterocycles. The lowest BCUT2D eigenvalue weighted by Gasteiger charge is -2.33. The van der Waals surface area contributed by atoms with Gasteiger partial charge in [0.05, 0.1) is 4.88 Å². The Morgan fingerprint density at radius 1 is 1.29 bits per heavy atom. The van der Waals surface area contributed by atoms with Crippen molar-refractivity contribution in [1.29, 1.82) is 0 Å². The van der Waals surface area contributed by atoms with Gasteiger partial charge >= 0.3 is 0 Å². The average molecular weight is 307 g/mol. The van der Waals surface area contributed by atoms with Gasteiger partial charge < -0.3 is 15.1 Å². The molecule has 0 spiro atoms. The van der Waals surface area contributed by atoms with E-state index in [2.05, 4.69) is 10.2 Å². The Morgan fingerprint density at radius 2 is 2.05 bits per heavy atom. The van der Waals surface area contributed by atoms with Crippen LogP contribution in [0.15, 0.2) is 17.5 Å². The standard InChI is InChI=1S/C15H21N3O2S/c1-11(16-14(19)13-3-2-10-21-13)15(20)18-9-8-17-6-4-12(18)5-7-17/h2-3,10-12H,4-9H2,1H3,(H,16,19). The summed E-state index contributed by atoms with van der Waals surface area (Å²) in [6, 6.07) is 3.50. The molecule has 114 valence electrons. The summed E-state index contributed by atoms with van der Waals surface area (Å²) < 4.78 is 0. The summed E-state index contributed by atoms with van der Waals surface area (Å²) in [5, 5.41) is 4.69. The minimum atomic E-state index is -0.466. The zero-order valence-electron chi connectivity index (χ0n) is 12.2. The topological polar surface area (TPSA) is 52.7 Å². The van der Waals surface area contributed by atoms with Crippen LogP contribution in [0.1, 0.15) is 29.4 Å². The molecule has 1 aromatic heterocycles. The SMILES string of the molecule is CC(NC(=O)c1cccs1)C(=O)N1CCN2CCC1CC2. The number of thiophene rings is 1. The Labute approximate surface area is 128 Å². The molecule has 0 aliphatic carbocycles. The zero-order chi connectivity index (χ0) is 14.8. The Bertz CT molecular complexity index is 509. The van der Waals surface area contributed by atoms with E-state index in [0.29, 0.717) is 10.9 Å². The molecule has 3 saturated heterocycles. The van der Waals surface area contributed by atoms with Crippen LogP contribution in [-0.2, 0) is 4.79 Å². The second kappa shape index (κ2) is 6.15. The van der Waals surface area contributed by atoms with Gasteiger partial charge in [-0.1, -0.05) is 6.07 Å². The molecule has 6 heteroatoms. The van der Waals surface area contributed by atoms with E-state index < -0.39 is 6.04 Å². The van der Waals surface area contributed by atoms with Gasteiger partial charge in [0.15, 0.2) is 0 Å². The van der Waals surface area contributed by atoms with Gasteiger partial charge in [0.2, 0.25) is 5.91 Å². The third-order valence-electron chi connectivity index (χ3n) is 4.40. The fourth-order valence-electron chi connectivity index (χ4n) is 3.16. The summed E-state index contributed by atoms with van der Waals surface area (Å²) in [6.45, 7) is 5.69. The Balaban J connectivity index is 1.62. The summed E-state index contributed by atoms with van der Waals surface area (Å²) in [4.78, 5) is 29.7. The molecule has 0 aromatic carbocycles.